The van der Waals surface area contributed by atoms with Gasteiger partial charge in [-0.2, -0.15) is 0 Å². The fourth-order valence-electron chi connectivity index (χ4n) is 4.26. The zero-order valence-corrected chi connectivity index (χ0v) is 21.9. The van der Waals surface area contributed by atoms with E-state index in [9.17, 15) is 14.4 Å². The Labute approximate surface area is 226 Å². The summed E-state index contributed by atoms with van der Waals surface area (Å²) in [4.78, 5) is 40.6. The predicted molar refractivity (Wildman–Crippen MR) is 149 cm³/mol. The Bertz CT molecular complexity index is 1320. The number of nitrogens with zero attached hydrogens (tertiary/aromatic N) is 1. The first-order valence-corrected chi connectivity index (χ1v) is 12.8. The van der Waals surface area contributed by atoms with Crippen LogP contribution in [0.2, 0.25) is 5.02 Å². The van der Waals surface area contributed by atoms with Crippen LogP contribution in [0.3, 0.4) is 0 Å². The number of nitrogens with one attached hydrogen (secondary N) is 3. The van der Waals surface area contributed by atoms with Crippen molar-refractivity contribution in [3.63, 3.8) is 0 Å². The zero-order chi connectivity index (χ0) is 27.1. The van der Waals surface area contributed by atoms with Gasteiger partial charge in [-0.25, -0.2) is 14.4 Å². The number of urea groups is 2. The number of hydrogen-bond acceptors (Lipinski definition) is 4. The van der Waals surface area contributed by atoms with Crippen molar-refractivity contribution >= 4 is 46.7 Å². The molecule has 1 aliphatic rings. The molecule has 38 heavy (non-hydrogen) atoms. The molecule has 1 heterocycles. The molecule has 1 aliphatic heterocycles. The number of ether oxygens (including phenoxy) is 1. The summed E-state index contributed by atoms with van der Waals surface area (Å²) in [6, 6.07) is 21.6. The summed E-state index contributed by atoms with van der Waals surface area (Å²) >= 11 is 5.89. The van der Waals surface area contributed by atoms with Gasteiger partial charge in [0.15, 0.2) is 0 Å². The van der Waals surface area contributed by atoms with Crippen LogP contribution >= 0.6 is 11.6 Å². The Morgan fingerprint density at radius 2 is 1.53 bits per heavy atom. The summed E-state index contributed by atoms with van der Waals surface area (Å²) in [5, 5.41) is 9.06. The number of esters is 1. The molecule has 3 aromatic carbocycles. The number of halogens is 1. The molecule has 0 saturated heterocycles. The van der Waals surface area contributed by atoms with Crippen molar-refractivity contribution in [3.05, 3.63) is 101 Å². The van der Waals surface area contributed by atoms with Crippen molar-refractivity contribution in [1.29, 1.82) is 0 Å². The van der Waals surface area contributed by atoms with Gasteiger partial charge in [-0.1, -0.05) is 61.0 Å². The average molecular weight is 533 g/mol. The lowest BCUT2D eigenvalue weighted by molar-refractivity contribution is -0.138. The third kappa shape index (κ3) is 6.15. The van der Waals surface area contributed by atoms with Crippen molar-refractivity contribution in [2.24, 2.45) is 0 Å². The Morgan fingerprint density at radius 1 is 0.921 bits per heavy atom. The van der Waals surface area contributed by atoms with Gasteiger partial charge >= 0.3 is 18.0 Å². The summed E-state index contributed by atoms with van der Waals surface area (Å²) in [5.41, 5.74) is 3.45. The van der Waals surface area contributed by atoms with E-state index in [1.807, 2.05) is 37.3 Å². The number of carbonyl (C=O) groups is 3. The van der Waals surface area contributed by atoms with Crippen LogP contribution in [0.4, 0.5) is 21.0 Å². The van der Waals surface area contributed by atoms with E-state index in [0.717, 1.165) is 5.56 Å². The Kier molecular flexibility index (Phi) is 8.66. The molecule has 0 aliphatic carbocycles. The quantitative estimate of drug-likeness (QED) is 0.291. The third-order valence-corrected chi connectivity index (χ3v) is 6.17. The maximum Gasteiger partial charge on any atom is 0.338 e. The average Bonchev–Trinajstić information content (AvgIpc) is 2.92. The van der Waals surface area contributed by atoms with E-state index >= 15 is 0 Å². The molecule has 9 heteroatoms. The van der Waals surface area contributed by atoms with Gasteiger partial charge in [-0.05, 0) is 60.9 Å². The second kappa shape index (κ2) is 12.3. The van der Waals surface area contributed by atoms with Gasteiger partial charge in [-0.3, -0.25) is 4.90 Å². The first-order chi connectivity index (χ1) is 18.4. The molecule has 8 nitrogen and oxygen atoms in total. The van der Waals surface area contributed by atoms with Gasteiger partial charge in [0.2, 0.25) is 0 Å². The van der Waals surface area contributed by atoms with Gasteiger partial charge in [0.05, 0.1) is 23.9 Å². The first kappa shape index (κ1) is 26.8. The highest BCUT2D eigenvalue weighted by Crippen LogP contribution is 2.37. The normalized spacial score (nSPS) is 15.1. The molecule has 4 rings (SSSR count). The fraction of sp³-hybridized carbons (Fsp3) is 0.207. The summed E-state index contributed by atoms with van der Waals surface area (Å²) in [5.74, 6) is -0.498. The number of anilines is 2. The molecule has 0 bridgehead atoms. The highest BCUT2D eigenvalue weighted by Gasteiger charge is 2.38. The van der Waals surface area contributed by atoms with Crippen LogP contribution in [-0.4, -0.2) is 36.1 Å². The van der Waals surface area contributed by atoms with Crippen molar-refractivity contribution < 1.29 is 19.1 Å². The van der Waals surface area contributed by atoms with Gasteiger partial charge in [0, 0.05) is 22.9 Å². The highest BCUT2D eigenvalue weighted by atomic mass is 35.5. The van der Waals surface area contributed by atoms with Crippen LogP contribution < -0.4 is 16.0 Å². The number of carbonyl (C=O) groups excluding carboxylic acids is 3. The van der Waals surface area contributed by atoms with E-state index in [2.05, 4.69) is 16.0 Å². The van der Waals surface area contributed by atoms with E-state index in [4.69, 9.17) is 16.3 Å². The predicted octanol–water partition coefficient (Wildman–Crippen LogP) is 6.43. The number of hydrogen-bond donors (Lipinski definition) is 3. The molecule has 196 valence electrons. The van der Waals surface area contributed by atoms with Crippen molar-refractivity contribution in [3.8, 4) is 0 Å². The molecule has 3 N–H and O–H groups in total. The molecule has 4 amide bonds. The Balaban J connectivity index is 1.65. The lowest BCUT2D eigenvalue weighted by atomic mass is 9.91. The zero-order valence-electron chi connectivity index (χ0n) is 21.2. The van der Waals surface area contributed by atoms with Gasteiger partial charge < -0.3 is 20.7 Å². The van der Waals surface area contributed by atoms with Gasteiger partial charge in [0.1, 0.15) is 0 Å². The molecule has 1 atom stereocenters. The summed E-state index contributed by atoms with van der Waals surface area (Å²) in [6.45, 7) is 4.36. The smallest absolute Gasteiger partial charge is 0.338 e. The molecule has 0 aromatic heterocycles. The van der Waals surface area contributed by atoms with Crippen LogP contribution in [0.5, 0.6) is 0 Å². The molecular formula is C29H29ClN4O4. The maximum absolute atomic E-state index is 13.3. The minimum Gasteiger partial charge on any atom is -0.463 e. The number of rotatable bonds is 8. The van der Waals surface area contributed by atoms with Crippen molar-refractivity contribution in [2.75, 3.05) is 23.8 Å². The van der Waals surface area contributed by atoms with Crippen molar-refractivity contribution in [2.45, 2.75) is 26.3 Å². The van der Waals surface area contributed by atoms with Crippen molar-refractivity contribution in [1.82, 2.24) is 10.2 Å². The van der Waals surface area contributed by atoms with Crippen LogP contribution in [0.25, 0.3) is 5.70 Å². The van der Waals surface area contributed by atoms with Crippen LogP contribution in [0.1, 0.15) is 37.4 Å². The summed E-state index contributed by atoms with van der Waals surface area (Å²) in [7, 11) is 0. The molecule has 0 spiro atoms. The molecular weight excluding hydrogens is 504 g/mol. The minimum atomic E-state index is -0.734. The monoisotopic (exact) mass is 532 g/mol. The molecule has 0 fully saturated rings. The number of amides is 4. The standard InChI is InChI=1S/C29H29ClN4O4/c1-3-18-34-26(20-8-6-5-7-9-20)24(27(35)38-4-2)25(33-29(34)37)19-10-14-22(15-11-19)31-28(36)32-23-16-12-21(30)13-17-23/h5-17,25H,3-4,18H2,1-2H3,(H,33,37)(H2,31,32,36). The first-order valence-electron chi connectivity index (χ1n) is 12.4. The second-order valence-corrected chi connectivity index (χ2v) is 9.03. The Hall–Kier alpha value is -4.30. The topological polar surface area (TPSA) is 99.8 Å². The van der Waals surface area contributed by atoms with E-state index in [1.165, 1.54) is 0 Å². The molecule has 3 aromatic rings. The van der Waals surface area contributed by atoms with Crippen LogP contribution in [-0.2, 0) is 9.53 Å². The Morgan fingerprint density at radius 3 is 2.11 bits per heavy atom. The largest absolute Gasteiger partial charge is 0.463 e. The van der Waals surface area contributed by atoms with E-state index in [1.54, 1.807) is 60.4 Å². The molecule has 1 unspecified atom stereocenters. The SMILES string of the molecule is CCCN1C(=O)NC(c2ccc(NC(=O)Nc3ccc(Cl)cc3)cc2)C(C(=O)OCC)=C1c1ccccc1. The lowest BCUT2D eigenvalue weighted by Gasteiger charge is -2.36. The van der Waals surface area contributed by atoms with E-state index in [0.29, 0.717) is 46.2 Å². The fourth-order valence-corrected chi connectivity index (χ4v) is 4.39. The van der Waals surface area contributed by atoms with Gasteiger partial charge in [0.25, 0.3) is 0 Å². The lowest BCUT2D eigenvalue weighted by Crippen LogP contribution is -2.48. The summed E-state index contributed by atoms with van der Waals surface area (Å²) < 4.78 is 5.44. The van der Waals surface area contributed by atoms with Crippen LogP contribution in [0.15, 0.2) is 84.4 Å². The highest BCUT2D eigenvalue weighted by molar-refractivity contribution is 6.30. The van der Waals surface area contributed by atoms with E-state index in [-0.39, 0.29) is 12.6 Å². The third-order valence-electron chi connectivity index (χ3n) is 5.92. The maximum atomic E-state index is 13.3. The molecule has 0 saturated carbocycles. The second-order valence-electron chi connectivity index (χ2n) is 8.59. The number of benzene rings is 3. The minimum absolute atomic E-state index is 0.199. The van der Waals surface area contributed by atoms with Gasteiger partial charge in [-0.15, -0.1) is 0 Å². The summed E-state index contributed by atoms with van der Waals surface area (Å²) in [6.07, 6.45) is 0.711. The van der Waals surface area contributed by atoms with E-state index < -0.39 is 18.0 Å². The molecule has 0 radical (unpaired) electrons. The van der Waals surface area contributed by atoms with Crippen LogP contribution in [0, 0.1) is 0 Å².